The molecule has 0 saturated carbocycles. The Hall–Kier alpha value is -8.92. The van der Waals surface area contributed by atoms with Gasteiger partial charge in [-0.1, -0.05) is 230 Å². The van der Waals surface area contributed by atoms with Crippen LogP contribution in [0.3, 0.4) is 0 Å². The van der Waals surface area contributed by atoms with Gasteiger partial charge in [-0.3, -0.25) is 0 Å². The number of rotatable bonds is 8. The lowest BCUT2D eigenvalue weighted by Gasteiger charge is -2.32. The average Bonchev–Trinajstić information content (AvgIpc) is 4.06. The Kier molecular flexibility index (Phi) is 11.0. The molecule has 0 unspecified atom stereocenters. The minimum absolute atomic E-state index is 0.0365. The summed E-state index contributed by atoms with van der Waals surface area (Å²) in [6.07, 6.45) is 0. The second-order valence-corrected chi connectivity index (χ2v) is 22.1. The number of furan rings is 1. The number of para-hydroxylation sites is 6. The summed E-state index contributed by atoms with van der Waals surface area (Å²) in [5, 5.41) is 7.05. The molecule has 0 atom stereocenters. The zero-order valence-corrected chi connectivity index (χ0v) is 43.4. The maximum atomic E-state index is 6.57. The molecule has 2 heterocycles. The van der Waals surface area contributed by atoms with E-state index in [1.54, 1.807) is 0 Å². The van der Waals surface area contributed by atoms with Gasteiger partial charge in [0, 0.05) is 43.9 Å². The van der Waals surface area contributed by atoms with Crippen LogP contribution >= 0.6 is 0 Å². The van der Waals surface area contributed by atoms with Gasteiger partial charge in [0.2, 0.25) is 0 Å². The van der Waals surface area contributed by atoms with Gasteiger partial charge in [0.1, 0.15) is 11.2 Å². The summed E-state index contributed by atoms with van der Waals surface area (Å²) in [6, 6.07) is 89.2. The van der Waals surface area contributed by atoms with Gasteiger partial charge in [0.05, 0.1) is 28.1 Å². The van der Waals surface area contributed by atoms with E-state index in [9.17, 15) is 0 Å². The van der Waals surface area contributed by atoms with Crippen LogP contribution in [0.4, 0.5) is 17.1 Å². The molecule has 0 saturated heterocycles. The van der Waals surface area contributed by atoms with Crippen LogP contribution < -0.4 is 4.90 Å². The van der Waals surface area contributed by atoms with Crippen molar-refractivity contribution in [1.82, 2.24) is 4.57 Å². The van der Waals surface area contributed by atoms with Crippen molar-refractivity contribution in [1.29, 1.82) is 0 Å². The first-order chi connectivity index (χ1) is 36.5. The third kappa shape index (κ3) is 7.81. The number of anilines is 3. The summed E-state index contributed by atoms with van der Waals surface area (Å²) < 4.78 is 8.98. The van der Waals surface area contributed by atoms with Crippen molar-refractivity contribution in [3.8, 4) is 50.2 Å². The molecule has 0 fully saturated rings. The standard InChI is InChI=1S/C72H58N2O/c1-71(2,3)49-44-48(45-50(46-49)72(4,5)6)52-33-20-24-47-25-21-34-56(68(47)52)53-28-10-15-37-61(53)74(63-39-17-12-30-55(63)58-36-23-43-67-70(58)60-32-14-19-42-66(60)75-67)62-38-16-11-29-54(62)57-35-22-41-65-69(57)59-31-13-18-40-64(59)73(65)51-26-8-7-9-27-51/h7-46H,1-6H3. The van der Waals surface area contributed by atoms with Crippen LogP contribution in [0, 0.1) is 0 Å². The summed E-state index contributed by atoms with van der Waals surface area (Å²) in [7, 11) is 0. The van der Waals surface area contributed by atoms with Crippen molar-refractivity contribution in [2.45, 2.75) is 52.4 Å². The van der Waals surface area contributed by atoms with Gasteiger partial charge in [-0.15, -0.1) is 0 Å². The number of hydrogen-bond acceptors (Lipinski definition) is 2. The van der Waals surface area contributed by atoms with Crippen molar-refractivity contribution in [3.63, 3.8) is 0 Å². The van der Waals surface area contributed by atoms with Gasteiger partial charge in [0.25, 0.3) is 0 Å². The molecule has 0 amide bonds. The van der Waals surface area contributed by atoms with Crippen LogP contribution in [-0.4, -0.2) is 4.57 Å². The van der Waals surface area contributed by atoms with Gasteiger partial charge in [0.15, 0.2) is 0 Å². The summed E-state index contributed by atoms with van der Waals surface area (Å²) >= 11 is 0. The Balaban J connectivity index is 1.11. The summed E-state index contributed by atoms with van der Waals surface area (Å²) in [4.78, 5) is 2.54. The fraction of sp³-hybridized carbons (Fsp3) is 0.111. The SMILES string of the molecule is CC(C)(C)c1cc(-c2cccc3cccc(-c4ccccc4N(c4ccccc4-c4cccc5oc6ccccc6c45)c4ccccc4-c4cccc5c4c4ccccc4n5-c4ccccc4)c23)cc(C(C)(C)C)c1. The third-order valence-electron chi connectivity index (χ3n) is 15.3. The molecule has 75 heavy (non-hydrogen) atoms. The van der Waals surface area contributed by atoms with Crippen molar-refractivity contribution in [2.75, 3.05) is 4.90 Å². The molecule has 13 aromatic rings. The van der Waals surface area contributed by atoms with E-state index >= 15 is 0 Å². The van der Waals surface area contributed by atoms with E-state index in [4.69, 9.17) is 4.42 Å². The van der Waals surface area contributed by atoms with E-state index in [0.29, 0.717) is 0 Å². The minimum atomic E-state index is -0.0365. The van der Waals surface area contributed by atoms with E-state index in [1.807, 2.05) is 0 Å². The van der Waals surface area contributed by atoms with Crippen molar-refractivity contribution in [3.05, 3.63) is 254 Å². The largest absolute Gasteiger partial charge is 0.456 e. The van der Waals surface area contributed by atoms with Crippen LogP contribution in [0.1, 0.15) is 52.7 Å². The number of fused-ring (bicyclic) bond motifs is 7. The highest BCUT2D eigenvalue weighted by molar-refractivity contribution is 6.18. The molecule has 0 N–H and O–H groups in total. The number of benzene rings is 11. The molecule has 0 aliphatic rings. The fourth-order valence-electron chi connectivity index (χ4n) is 11.6. The molecular formula is C72H58N2O. The summed E-state index contributed by atoms with van der Waals surface area (Å²) in [5.74, 6) is 0. The molecule has 362 valence electrons. The first kappa shape index (κ1) is 45.9. The van der Waals surface area contributed by atoms with Crippen LogP contribution in [0.5, 0.6) is 0 Å². The number of nitrogens with zero attached hydrogens (tertiary/aromatic N) is 2. The van der Waals surface area contributed by atoms with Crippen molar-refractivity contribution < 1.29 is 4.42 Å². The Morgan fingerprint density at radius 3 is 1.39 bits per heavy atom. The van der Waals surface area contributed by atoms with Gasteiger partial charge in [-0.05, 0) is 115 Å². The van der Waals surface area contributed by atoms with Crippen molar-refractivity contribution >= 4 is 71.6 Å². The summed E-state index contributed by atoms with van der Waals surface area (Å²) in [5.41, 5.74) is 20.3. The van der Waals surface area contributed by atoms with E-state index in [-0.39, 0.29) is 10.8 Å². The molecule has 11 aromatic carbocycles. The zero-order valence-electron chi connectivity index (χ0n) is 43.4. The van der Waals surface area contributed by atoms with Crippen LogP contribution in [0.25, 0.3) is 105 Å². The molecule has 2 aromatic heterocycles. The monoisotopic (exact) mass is 966 g/mol. The lowest BCUT2D eigenvalue weighted by molar-refractivity contribution is 0.569. The smallest absolute Gasteiger partial charge is 0.136 e. The van der Waals surface area contributed by atoms with Gasteiger partial charge in [-0.2, -0.15) is 0 Å². The highest BCUT2D eigenvalue weighted by Crippen LogP contribution is 2.52. The van der Waals surface area contributed by atoms with E-state index < -0.39 is 0 Å². The van der Waals surface area contributed by atoms with E-state index in [1.165, 1.54) is 54.9 Å². The Labute approximate surface area is 439 Å². The van der Waals surface area contributed by atoms with Crippen LogP contribution in [-0.2, 0) is 10.8 Å². The maximum absolute atomic E-state index is 6.57. The molecular weight excluding hydrogens is 909 g/mol. The quantitative estimate of drug-likeness (QED) is 0.151. The molecule has 0 bridgehead atoms. The van der Waals surface area contributed by atoms with Gasteiger partial charge in [-0.25, -0.2) is 0 Å². The second kappa shape index (κ2) is 17.9. The summed E-state index contributed by atoms with van der Waals surface area (Å²) in [6.45, 7) is 13.9. The Bertz CT molecular complexity index is 4290. The van der Waals surface area contributed by atoms with Gasteiger partial charge < -0.3 is 13.9 Å². The molecule has 3 nitrogen and oxygen atoms in total. The maximum Gasteiger partial charge on any atom is 0.136 e. The molecule has 0 radical (unpaired) electrons. The molecule has 0 aliphatic carbocycles. The first-order valence-electron chi connectivity index (χ1n) is 26.3. The predicted octanol–water partition coefficient (Wildman–Crippen LogP) is 20.6. The normalized spacial score (nSPS) is 12.1. The molecule has 0 spiro atoms. The number of hydrogen-bond donors (Lipinski definition) is 0. The van der Waals surface area contributed by atoms with Crippen molar-refractivity contribution in [2.24, 2.45) is 0 Å². The first-order valence-corrected chi connectivity index (χ1v) is 26.3. The number of aromatic nitrogens is 1. The molecule has 13 rings (SSSR count). The molecule has 0 aliphatic heterocycles. The topological polar surface area (TPSA) is 21.3 Å². The van der Waals surface area contributed by atoms with Crippen LogP contribution in [0.15, 0.2) is 247 Å². The second-order valence-electron chi connectivity index (χ2n) is 22.1. The third-order valence-corrected chi connectivity index (χ3v) is 15.3. The lowest BCUT2D eigenvalue weighted by atomic mass is 9.78. The van der Waals surface area contributed by atoms with E-state index in [2.05, 4.69) is 294 Å². The Morgan fingerprint density at radius 1 is 0.333 bits per heavy atom. The average molecular weight is 967 g/mol. The zero-order chi connectivity index (χ0) is 51.0. The van der Waals surface area contributed by atoms with Crippen LogP contribution in [0.2, 0.25) is 0 Å². The lowest BCUT2D eigenvalue weighted by Crippen LogP contribution is -2.16. The highest BCUT2D eigenvalue weighted by Gasteiger charge is 2.28. The van der Waals surface area contributed by atoms with Gasteiger partial charge >= 0.3 is 0 Å². The van der Waals surface area contributed by atoms with E-state index in [0.717, 1.165) is 78.0 Å². The predicted molar refractivity (Wildman–Crippen MR) is 319 cm³/mol. The Morgan fingerprint density at radius 2 is 0.773 bits per heavy atom. The highest BCUT2D eigenvalue weighted by atomic mass is 16.3. The molecule has 3 heteroatoms. The fourth-order valence-corrected chi connectivity index (χ4v) is 11.6. The minimum Gasteiger partial charge on any atom is -0.456 e.